The van der Waals surface area contributed by atoms with Crippen molar-refractivity contribution in [1.82, 2.24) is 0 Å². The molecule has 0 amide bonds. The first kappa shape index (κ1) is 15.6. The van der Waals surface area contributed by atoms with E-state index in [0.717, 1.165) is 6.42 Å². The Morgan fingerprint density at radius 3 is 1.86 bits per heavy atom. The van der Waals surface area contributed by atoms with Gasteiger partial charge in [0.2, 0.25) is 0 Å². The van der Waals surface area contributed by atoms with E-state index in [2.05, 4.69) is 13.8 Å². The molecule has 0 radical (unpaired) electrons. The van der Waals surface area contributed by atoms with Crippen LogP contribution in [-0.2, 0) is 20.1 Å². The number of rotatable bonds is 2. The maximum absolute atomic E-state index is 3.68. The summed E-state index contributed by atoms with van der Waals surface area (Å²) in [6, 6.07) is 0. The second kappa shape index (κ2) is 15.9. The van der Waals surface area contributed by atoms with Crippen LogP contribution in [0.4, 0.5) is 0 Å². The van der Waals surface area contributed by atoms with Gasteiger partial charge in [0.05, 0.1) is 0 Å². The SMILES string of the molecule is [CH2-]CCCC.[CH3-].[Ir+3]. The minimum absolute atomic E-state index is 0. The molecule has 0 spiro atoms. The van der Waals surface area contributed by atoms with Crippen molar-refractivity contribution in [2.45, 2.75) is 26.2 Å². The first-order valence-electron chi connectivity index (χ1n) is 2.21. The number of unbranched alkanes of at least 4 members (excludes halogenated alkanes) is 2. The van der Waals surface area contributed by atoms with E-state index >= 15 is 0 Å². The fraction of sp³-hybridized carbons (Fsp3) is 0.667. The van der Waals surface area contributed by atoms with E-state index in [1.807, 2.05) is 0 Å². The molecule has 0 rings (SSSR count). The average molecular weight is 278 g/mol. The van der Waals surface area contributed by atoms with Gasteiger partial charge in [0, 0.05) is 0 Å². The third-order valence-electron chi connectivity index (χ3n) is 0.604. The maximum atomic E-state index is 3.68. The summed E-state index contributed by atoms with van der Waals surface area (Å²) in [5, 5.41) is 0. The van der Waals surface area contributed by atoms with Gasteiger partial charge in [-0.2, -0.15) is 6.42 Å². The summed E-state index contributed by atoms with van der Waals surface area (Å²) < 4.78 is 0. The summed E-state index contributed by atoms with van der Waals surface area (Å²) in [5.41, 5.74) is 0. The zero-order chi connectivity index (χ0) is 4.12. The molecule has 0 aromatic carbocycles. The van der Waals surface area contributed by atoms with Crippen molar-refractivity contribution in [3.05, 3.63) is 14.4 Å². The second-order valence-electron chi connectivity index (χ2n) is 1.21. The minimum atomic E-state index is 0. The molecule has 0 aromatic rings. The molecule has 0 bridgehead atoms. The molecule has 0 aromatic heterocycles. The fourth-order valence-electron chi connectivity index (χ4n) is 0.250. The van der Waals surface area contributed by atoms with Crippen LogP contribution in [0.25, 0.3) is 0 Å². The first-order valence-corrected chi connectivity index (χ1v) is 2.21. The Morgan fingerprint density at radius 1 is 1.43 bits per heavy atom. The van der Waals surface area contributed by atoms with Crippen molar-refractivity contribution >= 4 is 0 Å². The van der Waals surface area contributed by atoms with Crippen LogP contribution >= 0.6 is 0 Å². The van der Waals surface area contributed by atoms with Crippen LogP contribution in [-0.4, -0.2) is 0 Å². The van der Waals surface area contributed by atoms with E-state index in [0.29, 0.717) is 0 Å². The average Bonchev–Trinajstić information content (AvgIpc) is 1.41. The Hall–Kier alpha value is 0.649. The van der Waals surface area contributed by atoms with Crippen LogP contribution in [0.5, 0.6) is 0 Å². The quantitative estimate of drug-likeness (QED) is 0.681. The van der Waals surface area contributed by atoms with Gasteiger partial charge in [-0.1, -0.05) is 19.8 Å². The molecule has 46 valence electrons. The van der Waals surface area contributed by atoms with Crippen LogP contribution in [0.3, 0.4) is 0 Å². The molecule has 0 saturated carbocycles. The molecule has 1 heteroatoms. The Balaban J connectivity index is -0.0000000800. The minimum Gasteiger partial charge on any atom is -0.358 e. The molecular weight excluding hydrogens is 264 g/mol. The molecule has 0 unspecified atom stereocenters. The molecule has 0 fully saturated rings. The summed E-state index contributed by atoms with van der Waals surface area (Å²) >= 11 is 0. The van der Waals surface area contributed by atoms with Crippen LogP contribution < -0.4 is 0 Å². The monoisotopic (exact) mass is 279 g/mol. The first-order chi connectivity index (χ1) is 2.41. The predicted molar refractivity (Wildman–Crippen MR) is 31.3 cm³/mol. The summed E-state index contributed by atoms with van der Waals surface area (Å²) in [7, 11) is 0. The van der Waals surface area contributed by atoms with Crippen molar-refractivity contribution in [2.75, 3.05) is 0 Å². The number of hydrogen-bond acceptors (Lipinski definition) is 0. The van der Waals surface area contributed by atoms with Gasteiger partial charge in [-0.05, 0) is 0 Å². The Kier molecular flexibility index (Phi) is 35.6. The van der Waals surface area contributed by atoms with Gasteiger partial charge in [-0.3, -0.25) is 0 Å². The normalized spacial score (nSPS) is 6.00. The van der Waals surface area contributed by atoms with Gasteiger partial charge in [0.25, 0.3) is 0 Å². The predicted octanol–water partition coefficient (Wildman–Crippen LogP) is 2.46. The van der Waals surface area contributed by atoms with E-state index in [4.69, 9.17) is 0 Å². The fourth-order valence-corrected chi connectivity index (χ4v) is 0.250. The summed E-state index contributed by atoms with van der Waals surface area (Å²) in [5.74, 6) is 0. The Labute approximate surface area is 61.0 Å². The van der Waals surface area contributed by atoms with Crippen molar-refractivity contribution < 1.29 is 20.1 Å². The zero-order valence-electron chi connectivity index (χ0n) is 5.16. The van der Waals surface area contributed by atoms with Gasteiger partial charge < -0.3 is 14.4 Å². The molecule has 0 aliphatic heterocycles. The maximum Gasteiger partial charge on any atom is 3.00 e. The van der Waals surface area contributed by atoms with Gasteiger partial charge in [-0.25, -0.2) is 0 Å². The molecule has 0 nitrogen and oxygen atoms in total. The van der Waals surface area contributed by atoms with E-state index in [9.17, 15) is 0 Å². The topological polar surface area (TPSA) is 0 Å². The second-order valence-corrected chi connectivity index (χ2v) is 1.21. The van der Waals surface area contributed by atoms with Gasteiger partial charge in [0.15, 0.2) is 0 Å². The van der Waals surface area contributed by atoms with Crippen molar-refractivity contribution in [3.63, 3.8) is 0 Å². The standard InChI is InChI=1S/C5H11.CH3.Ir/c1-3-5-4-2;;/h1,3-5H2,2H3;1H3;/q2*-1;+3. The van der Waals surface area contributed by atoms with Crippen LogP contribution in [0, 0.1) is 14.4 Å². The third-order valence-corrected chi connectivity index (χ3v) is 0.604. The van der Waals surface area contributed by atoms with Crippen LogP contribution in [0.15, 0.2) is 0 Å². The Bertz CT molecular complexity index is 11.7. The molecule has 0 aliphatic carbocycles. The smallest absolute Gasteiger partial charge is 0.358 e. The van der Waals surface area contributed by atoms with E-state index < -0.39 is 0 Å². The van der Waals surface area contributed by atoms with E-state index in [1.165, 1.54) is 12.8 Å². The van der Waals surface area contributed by atoms with Gasteiger partial charge in [-0.15, -0.1) is 0 Å². The zero-order valence-corrected chi connectivity index (χ0v) is 7.56. The van der Waals surface area contributed by atoms with Crippen molar-refractivity contribution in [3.8, 4) is 0 Å². The third kappa shape index (κ3) is 20.5. The summed E-state index contributed by atoms with van der Waals surface area (Å²) in [6.07, 6.45) is 3.65. The molecule has 0 N–H and O–H groups in total. The summed E-state index contributed by atoms with van der Waals surface area (Å²) in [6.45, 7) is 5.85. The number of hydrogen-bond donors (Lipinski definition) is 0. The van der Waals surface area contributed by atoms with Gasteiger partial charge in [0.1, 0.15) is 0 Å². The molecule has 0 heterocycles. The van der Waals surface area contributed by atoms with E-state index in [-0.39, 0.29) is 27.5 Å². The van der Waals surface area contributed by atoms with Crippen molar-refractivity contribution in [2.24, 2.45) is 0 Å². The van der Waals surface area contributed by atoms with Crippen LogP contribution in [0.1, 0.15) is 26.2 Å². The van der Waals surface area contributed by atoms with E-state index in [1.54, 1.807) is 0 Å². The molecule has 0 aliphatic rings. The molecule has 0 saturated heterocycles. The molecule has 7 heavy (non-hydrogen) atoms. The molecular formula is C6H14Ir+. The van der Waals surface area contributed by atoms with Crippen LogP contribution in [0.2, 0.25) is 0 Å². The largest absolute Gasteiger partial charge is 3.00 e. The molecule has 0 atom stereocenters. The van der Waals surface area contributed by atoms with Crippen molar-refractivity contribution in [1.29, 1.82) is 0 Å². The van der Waals surface area contributed by atoms with Gasteiger partial charge >= 0.3 is 20.1 Å². The summed E-state index contributed by atoms with van der Waals surface area (Å²) in [4.78, 5) is 0. The Morgan fingerprint density at radius 2 is 1.86 bits per heavy atom.